The quantitative estimate of drug-likeness (QED) is 0.0628. The molecule has 3 aromatic heterocycles. The molecule has 54 heavy (non-hydrogen) atoms. The van der Waals surface area contributed by atoms with E-state index in [-0.39, 0.29) is 60.1 Å². The summed E-state index contributed by atoms with van der Waals surface area (Å²) >= 11 is 2.93. The first-order valence-electron chi connectivity index (χ1n) is 17.7. The second-order valence-corrected chi connectivity index (χ2v) is 15.4. The molecule has 0 radical (unpaired) electrons. The zero-order valence-corrected chi connectivity index (χ0v) is 31.8. The van der Waals surface area contributed by atoms with E-state index < -0.39 is 17.5 Å². The number of aliphatic hydroxyl groups is 2. The number of halogens is 1. The zero-order valence-electron chi connectivity index (χ0n) is 30.1. The summed E-state index contributed by atoms with van der Waals surface area (Å²) in [7, 11) is 3.44. The summed E-state index contributed by atoms with van der Waals surface area (Å²) in [5.41, 5.74) is -0.530. The molecule has 14 heteroatoms. The summed E-state index contributed by atoms with van der Waals surface area (Å²) < 4.78 is 27.0. The van der Waals surface area contributed by atoms with Gasteiger partial charge in [0, 0.05) is 64.9 Å². The number of carbonyl (C=O) groups excluding carboxylic acids is 1. The summed E-state index contributed by atoms with van der Waals surface area (Å²) in [4.78, 5) is 30.9. The number of methoxy groups -OCH3 is 1. The molecule has 286 valence electrons. The van der Waals surface area contributed by atoms with Crippen molar-refractivity contribution in [2.45, 2.75) is 62.5 Å². The Morgan fingerprint density at radius 2 is 1.80 bits per heavy atom. The normalized spacial score (nSPS) is 16.7. The number of anilines is 1. The first kappa shape index (κ1) is 39.1. The molecule has 1 fully saturated rings. The number of H-pyrrole nitrogens is 1. The molecule has 1 saturated carbocycles. The fourth-order valence-electron chi connectivity index (χ4n) is 6.95. The number of ether oxygens (including phenoxy) is 2. The third kappa shape index (κ3) is 8.70. The summed E-state index contributed by atoms with van der Waals surface area (Å²) in [5, 5.41) is 42.9. The number of aliphatic hydroxyl groups excluding tert-OH is 1. The number of nitrogens with zero attached hydrogens (tertiary/aromatic N) is 1. The second-order valence-electron chi connectivity index (χ2n) is 13.5. The molecule has 1 aliphatic rings. The zero-order chi connectivity index (χ0) is 38.4. The van der Waals surface area contributed by atoms with Gasteiger partial charge < -0.3 is 45.3 Å². The lowest BCUT2D eigenvalue weighted by atomic mass is 9.91. The molecule has 0 unspecified atom stereocenters. The number of fused-ring (bicyclic) bond motifs is 1. The minimum absolute atomic E-state index is 0.00999. The molecule has 6 rings (SSSR count). The van der Waals surface area contributed by atoms with Crippen molar-refractivity contribution in [1.29, 1.82) is 0 Å². The first-order chi connectivity index (χ1) is 26.0. The van der Waals surface area contributed by atoms with E-state index in [1.54, 1.807) is 6.07 Å². The lowest BCUT2D eigenvalue weighted by Crippen LogP contribution is -2.39. The van der Waals surface area contributed by atoms with Gasteiger partial charge >= 0.3 is 0 Å². The van der Waals surface area contributed by atoms with Gasteiger partial charge in [-0.25, -0.2) is 4.39 Å². The number of phenols is 1. The smallest absolute Gasteiger partial charge is 0.248 e. The van der Waals surface area contributed by atoms with Crippen LogP contribution in [0, 0.1) is 5.82 Å². The van der Waals surface area contributed by atoms with Gasteiger partial charge in [0.2, 0.25) is 11.5 Å². The van der Waals surface area contributed by atoms with E-state index in [4.69, 9.17) is 9.47 Å². The molecular weight excluding hydrogens is 732 g/mol. The molecule has 1 amide bonds. The van der Waals surface area contributed by atoms with Crippen LogP contribution in [0.4, 0.5) is 10.1 Å². The average Bonchev–Trinajstić information content (AvgIpc) is 3.92. The standard InChI is InChI=1S/C40H45FN4O7S2/c1-24(40(50,35-6-4-18-53-35)36-7-5-19-54-36)52-27-10-8-26(9-11-27)45(2)17-16-38(49)43-31-21-34(51-3)25(20-30(31)41)22-42-23-33(47)28-12-14-32(46)39-29(28)13-15-37(48)44-39/h4-7,12-15,18-21,26-27,33,42,46-47,50H,1,8-11,16-17,22-23H2,2-3H3,(H,43,49)(H,44,48)/t26-,27-,33-/m0/s1. The van der Waals surface area contributed by atoms with Gasteiger partial charge in [0.1, 0.15) is 23.1 Å². The molecule has 5 aromatic rings. The maximum Gasteiger partial charge on any atom is 0.248 e. The van der Waals surface area contributed by atoms with Gasteiger partial charge in [0.25, 0.3) is 0 Å². The van der Waals surface area contributed by atoms with E-state index >= 15 is 4.39 Å². The van der Waals surface area contributed by atoms with Crippen LogP contribution in [0.15, 0.2) is 88.6 Å². The van der Waals surface area contributed by atoms with Gasteiger partial charge in [0.15, 0.2) is 5.60 Å². The van der Waals surface area contributed by atoms with Crippen molar-refractivity contribution in [2.75, 3.05) is 32.6 Å². The molecule has 2 aromatic carbocycles. The molecular formula is C40H45FN4O7S2. The number of aromatic nitrogens is 1. The number of phenolic OH excluding ortho intramolecular Hbond substituents is 1. The van der Waals surface area contributed by atoms with Crippen molar-refractivity contribution >= 4 is 45.2 Å². The highest BCUT2D eigenvalue weighted by Gasteiger charge is 2.40. The average molecular weight is 777 g/mol. The van der Waals surface area contributed by atoms with Crippen molar-refractivity contribution < 1.29 is 34.0 Å². The Balaban J connectivity index is 0.965. The number of carbonyl (C=O) groups is 1. The number of aromatic hydroxyl groups is 1. The van der Waals surface area contributed by atoms with Crippen LogP contribution in [0.2, 0.25) is 0 Å². The fourth-order valence-corrected chi connectivity index (χ4v) is 8.73. The highest BCUT2D eigenvalue weighted by Crippen LogP contribution is 2.42. The van der Waals surface area contributed by atoms with Crippen LogP contribution < -0.4 is 20.9 Å². The number of hydrogen-bond acceptors (Lipinski definition) is 11. The molecule has 1 atom stereocenters. The van der Waals surface area contributed by atoms with Crippen LogP contribution in [-0.4, -0.2) is 70.5 Å². The van der Waals surface area contributed by atoms with E-state index in [0.717, 1.165) is 35.4 Å². The molecule has 1 aliphatic carbocycles. The predicted molar refractivity (Wildman–Crippen MR) is 210 cm³/mol. The number of amides is 1. The number of nitrogens with one attached hydrogen (secondary N) is 3. The number of rotatable bonds is 16. The first-order valence-corrected chi connectivity index (χ1v) is 19.5. The maximum atomic E-state index is 15.2. The Labute approximate surface area is 320 Å². The Morgan fingerprint density at radius 1 is 1.09 bits per heavy atom. The summed E-state index contributed by atoms with van der Waals surface area (Å²) in [6.45, 7) is 4.90. The molecule has 6 N–H and O–H groups in total. The third-order valence-electron chi connectivity index (χ3n) is 9.99. The van der Waals surface area contributed by atoms with Crippen LogP contribution in [0.3, 0.4) is 0 Å². The summed E-state index contributed by atoms with van der Waals surface area (Å²) in [6, 6.07) is 16.4. The van der Waals surface area contributed by atoms with Crippen molar-refractivity contribution in [2.24, 2.45) is 0 Å². The van der Waals surface area contributed by atoms with Gasteiger partial charge in [-0.15, -0.1) is 22.7 Å². The van der Waals surface area contributed by atoms with Crippen LogP contribution in [0.25, 0.3) is 10.9 Å². The minimum Gasteiger partial charge on any atom is -0.506 e. The van der Waals surface area contributed by atoms with E-state index in [1.165, 1.54) is 60.1 Å². The topological polar surface area (TPSA) is 156 Å². The molecule has 3 heterocycles. The lowest BCUT2D eigenvalue weighted by Gasteiger charge is -2.37. The van der Waals surface area contributed by atoms with Gasteiger partial charge in [-0.05, 0) is 79.4 Å². The van der Waals surface area contributed by atoms with Crippen molar-refractivity contribution in [1.82, 2.24) is 15.2 Å². The number of pyridine rings is 1. The molecule has 0 spiro atoms. The van der Waals surface area contributed by atoms with E-state index in [2.05, 4.69) is 27.1 Å². The second kappa shape index (κ2) is 17.3. The van der Waals surface area contributed by atoms with Gasteiger partial charge in [-0.2, -0.15) is 0 Å². The van der Waals surface area contributed by atoms with Crippen LogP contribution in [0.1, 0.15) is 59.1 Å². The summed E-state index contributed by atoms with van der Waals surface area (Å²) in [6.07, 6.45) is 2.38. The Morgan fingerprint density at radius 3 is 2.44 bits per heavy atom. The monoisotopic (exact) mass is 776 g/mol. The lowest BCUT2D eigenvalue weighted by molar-refractivity contribution is -0.116. The van der Waals surface area contributed by atoms with E-state index in [9.17, 15) is 24.9 Å². The molecule has 0 bridgehead atoms. The predicted octanol–water partition coefficient (Wildman–Crippen LogP) is 6.37. The number of benzene rings is 2. The van der Waals surface area contributed by atoms with Crippen LogP contribution in [-0.2, 0) is 21.7 Å². The number of hydrogen-bond donors (Lipinski definition) is 6. The third-order valence-corrected chi connectivity index (χ3v) is 11.9. The van der Waals surface area contributed by atoms with Gasteiger partial charge in [0.05, 0.1) is 30.5 Å². The van der Waals surface area contributed by atoms with E-state index in [1.807, 2.05) is 42.1 Å². The number of aromatic amines is 1. The van der Waals surface area contributed by atoms with Crippen molar-refractivity contribution in [3.05, 3.63) is 121 Å². The molecule has 0 aliphatic heterocycles. The SMILES string of the molecule is C=C(O[C@H]1CC[C@H](N(C)CCC(=O)Nc2cc(OC)c(CNC[C@H](O)c3ccc(O)c4[nH]c(=O)ccc34)cc2F)CC1)C(O)(c1cccs1)c1cccs1. The highest BCUT2D eigenvalue weighted by atomic mass is 32.1. The number of thiophene rings is 2. The minimum atomic E-state index is -1.40. The Hall–Kier alpha value is -4.57. The van der Waals surface area contributed by atoms with Crippen LogP contribution >= 0.6 is 22.7 Å². The van der Waals surface area contributed by atoms with Crippen LogP contribution in [0.5, 0.6) is 11.5 Å². The van der Waals surface area contributed by atoms with Gasteiger partial charge in [-0.3, -0.25) is 9.59 Å². The maximum absolute atomic E-state index is 15.2. The van der Waals surface area contributed by atoms with Crippen molar-refractivity contribution in [3.8, 4) is 11.5 Å². The fraction of sp³-hybridized carbons (Fsp3) is 0.350. The Kier molecular flexibility index (Phi) is 12.5. The van der Waals surface area contributed by atoms with E-state index in [0.29, 0.717) is 34.6 Å². The highest BCUT2D eigenvalue weighted by molar-refractivity contribution is 7.11. The Bertz CT molecular complexity index is 2080. The largest absolute Gasteiger partial charge is 0.506 e. The molecule has 11 nitrogen and oxygen atoms in total. The molecule has 0 saturated heterocycles. The van der Waals surface area contributed by atoms with Gasteiger partial charge in [-0.1, -0.05) is 24.8 Å². The van der Waals surface area contributed by atoms with Crippen molar-refractivity contribution in [3.63, 3.8) is 0 Å². The summed E-state index contributed by atoms with van der Waals surface area (Å²) in [5.74, 6) is -0.354.